The first kappa shape index (κ1) is 26.3. The molecule has 5 rings (SSSR count). The largest absolute Gasteiger partial charge is 0.367 e. The number of nitriles is 2. The molecule has 0 radical (unpaired) electrons. The van der Waals surface area contributed by atoms with Gasteiger partial charge in [0.05, 0.1) is 5.56 Å². The fourth-order valence-corrected chi connectivity index (χ4v) is 4.93. The van der Waals surface area contributed by atoms with Crippen LogP contribution in [0.3, 0.4) is 0 Å². The third-order valence-electron chi connectivity index (χ3n) is 7.04. The molecular weight excluding hydrogens is 500 g/mol. The van der Waals surface area contributed by atoms with Crippen LogP contribution in [0.25, 0.3) is 11.1 Å². The second-order valence-electron chi connectivity index (χ2n) is 9.66. The molecule has 2 aromatic heterocycles. The lowest BCUT2D eigenvalue weighted by Gasteiger charge is -2.37. The average molecular weight is 529 g/mol. The zero-order chi connectivity index (χ0) is 27.7. The van der Waals surface area contributed by atoms with Gasteiger partial charge in [0.1, 0.15) is 18.0 Å². The summed E-state index contributed by atoms with van der Waals surface area (Å²) in [6, 6.07) is 25.4. The van der Waals surface area contributed by atoms with Gasteiger partial charge in [0.2, 0.25) is 5.82 Å². The average Bonchev–Trinajstić information content (AvgIpc) is 3.02. The number of urea groups is 1. The predicted molar refractivity (Wildman–Crippen MR) is 152 cm³/mol. The monoisotopic (exact) mass is 528 g/mol. The molecule has 0 unspecified atom stereocenters. The van der Waals surface area contributed by atoms with E-state index < -0.39 is 0 Å². The first-order valence-electron chi connectivity index (χ1n) is 13.2. The van der Waals surface area contributed by atoms with E-state index in [0.29, 0.717) is 12.1 Å². The first-order valence-corrected chi connectivity index (χ1v) is 13.2. The second-order valence-corrected chi connectivity index (χ2v) is 9.66. The predicted octanol–water partition coefficient (Wildman–Crippen LogP) is 5.42. The van der Waals surface area contributed by atoms with E-state index in [0.717, 1.165) is 53.9 Å². The summed E-state index contributed by atoms with van der Waals surface area (Å²) in [4.78, 5) is 27.9. The minimum Gasteiger partial charge on any atom is -0.367 e. The maximum Gasteiger partial charge on any atom is 0.322 e. The molecule has 0 spiro atoms. The summed E-state index contributed by atoms with van der Waals surface area (Å²) in [5.41, 5.74) is 4.09. The Morgan fingerprint density at radius 2 is 1.55 bits per heavy atom. The maximum absolute atomic E-state index is 13.6. The molecule has 0 saturated heterocycles. The highest BCUT2D eigenvalue weighted by Gasteiger charge is 2.30. The lowest BCUT2D eigenvalue weighted by molar-refractivity contribution is 0.240. The molecule has 1 fully saturated rings. The topological polar surface area (TPSA) is 131 Å². The highest BCUT2D eigenvalue weighted by atomic mass is 16.2. The fraction of sp³-hybridized carbons (Fsp3) is 0.226. The molecule has 4 aromatic rings. The van der Waals surface area contributed by atoms with E-state index in [-0.39, 0.29) is 23.9 Å². The number of amides is 2. The highest BCUT2D eigenvalue weighted by molar-refractivity contribution is 5.93. The minimum absolute atomic E-state index is 0.0341. The van der Waals surface area contributed by atoms with E-state index in [1.165, 1.54) is 0 Å². The summed E-state index contributed by atoms with van der Waals surface area (Å²) < 4.78 is 0. The van der Waals surface area contributed by atoms with Crippen molar-refractivity contribution in [1.82, 2.24) is 20.3 Å². The van der Waals surface area contributed by atoms with Crippen LogP contribution in [0, 0.1) is 22.7 Å². The molecule has 0 bridgehead atoms. The van der Waals surface area contributed by atoms with Crippen LogP contribution in [-0.2, 0) is 6.54 Å². The van der Waals surface area contributed by atoms with Gasteiger partial charge in [-0.25, -0.2) is 19.7 Å². The fourth-order valence-electron chi connectivity index (χ4n) is 4.93. The Balaban J connectivity index is 1.30. The van der Waals surface area contributed by atoms with Crippen molar-refractivity contribution in [2.24, 2.45) is 0 Å². The van der Waals surface area contributed by atoms with Gasteiger partial charge in [-0.1, -0.05) is 42.5 Å². The number of benzene rings is 2. The van der Waals surface area contributed by atoms with Gasteiger partial charge in [0.25, 0.3) is 0 Å². The number of pyridine rings is 1. The van der Waals surface area contributed by atoms with Crippen molar-refractivity contribution in [3.05, 3.63) is 102 Å². The van der Waals surface area contributed by atoms with Gasteiger partial charge in [-0.2, -0.15) is 10.5 Å². The molecule has 198 valence electrons. The van der Waals surface area contributed by atoms with Gasteiger partial charge in [-0.05, 0) is 61.1 Å². The molecule has 1 aliphatic rings. The number of carbonyl (C=O) groups is 1. The third-order valence-corrected chi connectivity index (χ3v) is 7.04. The molecule has 0 atom stereocenters. The van der Waals surface area contributed by atoms with Crippen molar-refractivity contribution in [2.75, 3.05) is 10.2 Å². The molecule has 2 aromatic carbocycles. The van der Waals surface area contributed by atoms with Gasteiger partial charge >= 0.3 is 6.03 Å². The van der Waals surface area contributed by atoms with Gasteiger partial charge in [0.15, 0.2) is 0 Å². The molecule has 2 N–H and O–H groups in total. The summed E-state index contributed by atoms with van der Waals surface area (Å²) in [7, 11) is 0. The zero-order valence-corrected chi connectivity index (χ0v) is 21.9. The lowest BCUT2D eigenvalue weighted by Crippen LogP contribution is -2.48. The summed E-state index contributed by atoms with van der Waals surface area (Å²) in [6.45, 7) is 0.443. The molecule has 9 heteroatoms. The molecule has 0 aliphatic heterocycles. The van der Waals surface area contributed by atoms with E-state index in [1.807, 2.05) is 71.6 Å². The van der Waals surface area contributed by atoms with Crippen LogP contribution >= 0.6 is 0 Å². The van der Waals surface area contributed by atoms with Crippen molar-refractivity contribution in [2.45, 2.75) is 44.3 Å². The van der Waals surface area contributed by atoms with Gasteiger partial charge in [-0.15, -0.1) is 0 Å². The number of hydrogen-bond acceptors (Lipinski definition) is 7. The SMILES string of the molecule is N#Cc1ccc(N[C@H]2CC[C@H](N(C(=O)NCc3ccccc3)c3ccc(-c4cnc(C#N)nc4)cc3)CC2)nc1. The molecule has 40 heavy (non-hydrogen) atoms. The van der Waals surface area contributed by atoms with E-state index in [4.69, 9.17) is 10.5 Å². The molecule has 1 aliphatic carbocycles. The Morgan fingerprint density at radius 3 is 2.17 bits per heavy atom. The van der Waals surface area contributed by atoms with Crippen LogP contribution in [0.5, 0.6) is 0 Å². The highest BCUT2D eigenvalue weighted by Crippen LogP contribution is 2.31. The molecule has 2 heterocycles. The van der Waals surface area contributed by atoms with Crippen molar-refractivity contribution in [3.63, 3.8) is 0 Å². The van der Waals surface area contributed by atoms with Crippen LogP contribution in [0.15, 0.2) is 85.3 Å². The van der Waals surface area contributed by atoms with Crippen molar-refractivity contribution in [3.8, 4) is 23.3 Å². The van der Waals surface area contributed by atoms with Gasteiger partial charge in [-0.3, -0.25) is 4.90 Å². The summed E-state index contributed by atoms with van der Waals surface area (Å²) in [5, 5.41) is 24.5. The normalized spacial score (nSPS) is 16.2. The van der Waals surface area contributed by atoms with Crippen LogP contribution < -0.4 is 15.5 Å². The molecular formula is C31H28N8O. The number of hydrogen-bond donors (Lipinski definition) is 2. The number of nitrogens with zero attached hydrogens (tertiary/aromatic N) is 6. The van der Waals surface area contributed by atoms with E-state index in [2.05, 4.69) is 31.7 Å². The summed E-state index contributed by atoms with van der Waals surface area (Å²) in [6.07, 6.45) is 8.25. The second kappa shape index (κ2) is 12.5. The smallest absolute Gasteiger partial charge is 0.322 e. The number of anilines is 2. The summed E-state index contributed by atoms with van der Waals surface area (Å²) >= 11 is 0. The van der Waals surface area contributed by atoms with Crippen LogP contribution in [0.4, 0.5) is 16.3 Å². The summed E-state index contributed by atoms with van der Waals surface area (Å²) in [5.74, 6) is 0.879. The number of rotatable bonds is 7. The Morgan fingerprint density at radius 1 is 0.825 bits per heavy atom. The number of carbonyl (C=O) groups excluding carboxylic acids is 1. The Hall–Kier alpha value is -5.28. The molecule has 1 saturated carbocycles. The number of nitrogens with one attached hydrogen (secondary N) is 2. The Bertz CT molecular complexity index is 1500. The first-order chi connectivity index (χ1) is 19.6. The van der Waals surface area contributed by atoms with E-state index in [1.54, 1.807) is 24.7 Å². The van der Waals surface area contributed by atoms with Crippen LogP contribution in [-0.4, -0.2) is 33.1 Å². The minimum atomic E-state index is -0.136. The van der Waals surface area contributed by atoms with E-state index in [9.17, 15) is 4.79 Å². The van der Waals surface area contributed by atoms with Crippen LogP contribution in [0.2, 0.25) is 0 Å². The Labute approximate surface area is 233 Å². The number of aromatic nitrogens is 3. The van der Waals surface area contributed by atoms with Crippen LogP contribution in [0.1, 0.15) is 42.6 Å². The van der Waals surface area contributed by atoms with Crippen molar-refractivity contribution in [1.29, 1.82) is 10.5 Å². The Kier molecular flexibility index (Phi) is 8.24. The lowest BCUT2D eigenvalue weighted by atomic mass is 9.89. The van der Waals surface area contributed by atoms with Crippen molar-refractivity contribution >= 4 is 17.5 Å². The zero-order valence-electron chi connectivity index (χ0n) is 21.9. The standard InChI is InChI=1S/C31H28N8O/c32-16-23-6-15-29(34-19-23)38-26-9-13-28(14-10-26)39(31(40)37-18-22-4-2-1-3-5-22)27-11-7-24(8-12-27)25-20-35-30(17-33)36-21-25/h1-8,11-12,15,19-21,26,28H,9-10,13-14,18H2,(H,34,38)(H,37,40)/t26-,28-. The molecule has 9 nitrogen and oxygen atoms in total. The van der Waals surface area contributed by atoms with Crippen molar-refractivity contribution < 1.29 is 4.79 Å². The van der Waals surface area contributed by atoms with Gasteiger partial charge < -0.3 is 10.6 Å². The van der Waals surface area contributed by atoms with Gasteiger partial charge in [0, 0.05) is 48.5 Å². The third kappa shape index (κ3) is 6.40. The maximum atomic E-state index is 13.6. The van der Waals surface area contributed by atoms with E-state index >= 15 is 0 Å². The molecule has 2 amide bonds. The quantitative estimate of drug-likeness (QED) is 0.327.